The van der Waals surface area contributed by atoms with E-state index in [1.54, 1.807) is 0 Å². The van der Waals surface area contributed by atoms with Crippen LogP contribution in [0.4, 0.5) is 5.69 Å². The first-order chi connectivity index (χ1) is 24.5. The number of pyridine rings is 1. The van der Waals surface area contributed by atoms with E-state index in [2.05, 4.69) is 155 Å². The standard InChI is InChI=1S/C45H47BN4O.Pt/c1-29(2)36-17-13-18-37(30(3)4)43(36)46-48(9)41-23-22-35(28-40(41)42-21-10-11-25-50(42)46)51-34-16-12-15-33(27-34)45-47-24-26-49(45)44-38(31(5)6)19-14-20-39(44)32(7)8;/h10-20,22-26,29-32H,1-9H3;/q-2;. The summed E-state index contributed by atoms with van der Waals surface area (Å²) in [6, 6.07) is 38.3. The molecular formula is C45H47BN4OPt-2. The monoisotopic (exact) mass is 865 g/mol. The zero-order chi connectivity index (χ0) is 36.0. The van der Waals surface area contributed by atoms with Gasteiger partial charge >= 0.3 is 6.98 Å². The maximum absolute atomic E-state index is 6.53. The molecule has 2 aromatic heterocycles. The molecule has 0 bridgehead atoms. The molecule has 0 fully saturated rings. The summed E-state index contributed by atoms with van der Waals surface area (Å²) < 4.78 is 11.1. The van der Waals surface area contributed by atoms with Crippen LogP contribution in [0.25, 0.3) is 28.3 Å². The van der Waals surface area contributed by atoms with Crippen molar-refractivity contribution in [3.63, 3.8) is 0 Å². The van der Waals surface area contributed by atoms with Gasteiger partial charge in [0.2, 0.25) is 0 Å². The van der Waals surface area contributed by atoms with Crippen LogP contribution >= 0.6 is 0 Å². The van der Waals surface area contributed by atoms with Crippen LogP contribution in [-0.2, 0) is 21.1 Å². The summed E-state index contributed by atoms with van der Waals surface area (Å²) in [6.07, 6.45) is 6.09. The summed E-state index contributed by atoms with van der Waals surface area (Å²) in [5.41, 5.74) is 11.8. The van der Waals surface area contributed by atoms with E-state index in [1.165, 1.54) is 33.4 Å². The Bertz CT molecular complexity index is 2150. The molecule has 0 amide bonds. The average Bonchev–Trinajstić information content (AvgIpc) is 3.61. The first-order valence-corrected chi connectivity index (χ1v) is 18.3. The molecule has 7 heteroatoms. The van der Waals surface area contributed by atoms with Crippen LogP contribution in [0, 0.1) is 18.2 Å². The summed E-state index contributed by atoms with van der Waals surface area (Å²) in [7, 11) is 2.18. The van der Waals surface area contributed by atoms with Gasteiger partial charge in [-0.25, -0.2) is 0 Å². The van der Waals surface area contributed by atoms with E-state index in [4.69, 9.17) is 9.72 Å². The van der Waals surface area contributed by atoms with Gasteiger partial charge in [0.15, 0.2) is 0 Å². The first-order valence-electron chi connectivity index (χ1n) is 18.3. The minimum Gasteiger partial charge on any atom is -0.498 e. The van der Waals surface area contributed by atoms with Gasteiger partial charge in [-0.15, -0.1) is 41.6 Å². The minimum absolute atomic E-state index is 0. The van der Waals surface area contributed by atoms with Gasteiger partial charge < -0.3 is 18.6 Å². The van der Waals surface area contributed by atoms with Gasteiger partial charge in [-0.2, -0.15) is 23.8 Å². The number of aromatic nitrogens is 3. The van der Waals surface area contributed by atoms with E-state index in [0.717, 1.165) is 28.3 Å². The zero-order valence-electron chi connectivity index (χ0n) is 31.6. The number of benzene rings is 4. The molecule has 6 aromatic rings. The van der Waals surface area contributed by atoms with E-state index in [0.29, 0.717) is 35.2 Å². The molecule has 0 radical (unpaired) electrons. The Morgan fingerprint density at radius 1 is 0.712 bits per heavy atom. The number of imidazole rings is 1. The molecule has 0 spiro atoms. The number of hydrogen-bond acceptors (Lipinski definition) is 3. The van der Waals surface area contributed by atoms with Crippen molar-refractivity contribution in [3.05, 3.63) is 138 Å². The van der Waals surface area contributed by atoms with Gasteiger partial charge in [-0.05, 0) is 58.7 Å². The van der Waals surface area contributed by atoms with Crippen molar-refractivity contribution in [3.8, 4) is 39.8 Å². The van der Waals surface area contributed by atoms with Crippen molar-refractivity contribution < 1.29 is 30.3 Å². The summed E-state index contributed by atoms with van der Waals surface area (Å²) in [4.78, 5) is 7.20. The summed E-state index contributed by atoms with van der Waals surface area (Å²) >= 11 is 0. The Balaban J connectivity index is 0.00000464. The number of para-hydroxylation sites is 1. The van der Waals surface area contributed by atoms with Crippen molar-refractivity contribution in [2.24, 2.45) is 0 Å². The van der Waals surface area contributed by atoms with Crippen LogP contribution in [0.2, 0.25) is 0 Å². The van der Waals surface area contributed by atoms with Crippen molar-refractivity contribution in [1.29, 1.82) is 0 Å². The fourth-order valence-corrected chi connectivity index (χ4v) is 7.60. The van der Waals surface area contributed by atoms with Crippen LogP contribution in [-0.4, -0.2) is 23.6 Å². The van der Waals surface area contributed by atoms with E-state index < -0.39 is 0 Å². The number of nitrogens with zero attached hydrogens (tertiary/aromatic N) is 4. The van der Waals surface area contributed by atoms with Crippen LogP contribution in [0.3, 0.4) is 0 Å². The molecule has 5 nitrogen and oxygen atoms in total. The number of fused-ring (bicyclic) bond motifs is 3. The molecule has 0 aliphatic carbocycles. The predicted octanol–water partition coefficient (Wildman–Crippen LogP) is 9.87. The maximum atomic E-state index is 6.53. The van der Waals surface area contributed by atoms with Crippen molar-refractivity contribution in [1.82, 2.24) is 9.55 Å². The smallest absolute Gasteiger partial charge is 0.498 e. The Kier molecular flexibility index (Phi) is 11.0. The van der Waals surface area contributed by atoms with E-state index in [1.807, 2.05) is 36.5 Å². The Morgan fingerprint density at radius 3 is 1.94 bits per heavy atom. The van der Waals surface area contributed by atoms with Gasteiger partial charge in [0.25, 0.3) is 0 Å². The molecular weight excluding hydrogens is 818 g/mol. The fourth-order valence-electron chi connectivity index (χ4n) is 7.60. The van der Waals surface area contributed by atoms with Crippen LogP contribution in [0.5, 0.6) is 11.5 Å². The van der Waals surface area contributed by atoms with Gasteiger partial charge in [0.05, 0.1) is 12.0 Å². The second-order valence-corrected chi connectivity index (χ2v) is 14.9. The number of ether oxygens (including phenoxy) is 1. The Hall–Kier alpha value is -4.41. The predicted molar refractivity (Wildman–Crippen MR) is 210 cm³/mol. The molecule has 0 saturated heterocycles. The van der Waals surface area contributed by atoms with Gasteiger partial charge in [0.1, 0.15) is 0 Å². The second kappa shape index (κ2) is 15.3. The molecule has 4 aromatic carbocycles. The van der Waals surface area contributed by atoms with Crippen LogP contribution in [0.15, 0.2) is 97.5 Å². The Morgan fingerprint density at radius 2 is 1.31 bits per heavy atom. The first kappa shape index (κ1) is 37.4. The number of rotatable bonds is 9. The molecule has 3 heterocycles. The van der Waals surface area contributed by atoms with Gasteiger partial charge in [0, 0.05) is 56.1 Å². The molecule has 1 aliphatic heterocycles. The normalized spacial score (nSPS) is 12.4. The molecule has 0 saturated carbocycles. The number of anilines is 1. The molecule has 0 unspecified atom stereocenters. The van der Waals surface area contributed by atoms with Crippen molar-refractivity contribution in [2.75, 3.05) is 11.9 Å². The Labute approximate surface area is 325 Å². The van der Waals surface area contributed by atoms with E-state index >= 15 is 0 Å². The quantitative estimate of drug-likeness (QED) is 0.107. The maximum Gasteiger partial charge on any atom is 0.632 e. The van der Waals surface area contributed by atoms with Crippen molar-refractivity contribution >= 4 is 18.1 Å². The van der Waals surface area contributed by atoms with Crippen molar-refractivity contribution in [2.45, 2.75) is 79.1 Å². The third kappa shape index (κ3) is 6.79. The summed E-state index contributed by atoms with van der Waals surface area (Å²) in [6.45, 7) is 18.1. The third-order valence-electron chi connectivity index (χ3n) is 10.1. The van der Waals surface area contributed by atoms with Crippen LogP contribution < -0.4 is 19.5 Å². The molecule has 1 aliphatic rings. The topological polar surface area (TPSA) is 34.2 Å². The van der Waals surface area contributed by atoms with Gasteiger partial charge in [-0.3, -0.25) is 4.98 Å². The zero-order valence-corrected chi connectivity index (χ0v) is 33.9. The number of hydrogen-bond donors (Lipinski definition) is 0. The minimum atomic E-state index is -0.0214. The molecule has 0 atom stereocenters. The summed E-state index contributed by atoms with van der Waals surface area (Å²) in [5, 5.41) is 0. The fraction of sp³-hybridized carbons (Fsp3) is 0.289. The van der Waals surface area contributed by atoms with E-state index in [-0.39, 0.29) is 28.0 Å². The molecule has 268 valence electrons. The van der Waals surface area contributed by atoms with E-state index in [9.17, 15) is 0 Å². The van der Waals surface area contributed by atoms with Crippen LogP contribution in [0.1, 0.15) is 101 Å². The SMILES string of the molecule is CC(C)c1cccc(C(C)C)c1B1N(C)c2ccc(Oc3[c-]c(-c4nccn4-c4c(C(C)C)cccc4C(C)C)ccc3)[c-]c2-c2[c-]ccc[n+]21.[Pt]. The molecule has 52 heavy (non-hydrogen) atoms. The third-order valence-corrected chi connectivity index (χ3v) is 10.1. The largest absolute Gasteiger partial charge is 0.632 e. The molecule has 0 N–H and O–H groups in total. The molecule has 7 rings (SSSR count). The summed E-state index contributed by atoms with van der Waals surface area (Å²) in [5.74, 6) is 3.57. The van der Waals surface area contributed by atoms with Gasteiger partial charge in [-0.1, -0.05) is 104 Å². The average molecular weight is 866 g/mol. The second-order valence-electron chi connectivity index (χ2n) is 14.9.